The van der Waals surface area contributed by atoms with Crippen molar-refractivity contribution in [1.29, 1.82) is 0 Å². The summed E-state index contributed by atoms with van der Waals surface area (Å²) in [4.78, 5) is 0. The number of rotatable bonds is 4. The highest BCUT2D eigenvalue weighted by Gasteiger charge is 2.30. The van der Waals surface area contributed by atoms with Gasteiger partial charge in [-0.25, -0.2) is 0 Å². The fourth-order valence-corrected chi connectivity index (χ4v) is 3.46. The second-order valence-corrected chi connectivity index (χ2v) is 5.82. The first-order valence-corrected chi connectivity index (χ1v) is 6.81. The predicted molar refractivity (Wildman–Crippen MR) is 58.6 cm³/mol. The van der Waals surface area contributed by atoms with E-state index in [0.29, 0.717) is 6.54 Å². The van der Waals surface area contributed by atoms with Crippen molar-refractivity contribution in [2.75, 3.05) is 13.2 Å². The summed E-state index contributed by atoms with van der Waals surface area (Å²) in [6.07, 6.45) is 2.91. The molecule has 15 heavy (non-hydrogen) atoms. The molecule has 1 aliphatic heterocycles. The van der Waals surface area contributed by atoms with Crippen molar-refractivity contribution in [3.05, 3.63) is 0 Å². The number of nitrogens with zero attached hydrogens (tertiary/aromatic N) is 1. The van der Waals surface area contributed by atoms with Gasteiger partial charge >= 0.3 is 0 Å². The minimum atomic E-state index is -3.42. The Balaban J connectivity index is 2.67. The Morgan fingerprint density at radius 1 is 1.53 bits per heavy atom. The third kappa shape index (κ3) is 3.41. The van der Waals surface area contributed by atoms with Crippen LogP contribution in [0.5, 0.6) is 0 Å². The molecular weight excluding hydrogens is 216 g/mol. The first kappa shape index (κ1) is 12.9. The molecule has 0 spiro atoms. The van der Waals surface area contributed by atoms with Gasteiger partial charge in [-0.05, 0) is 26.7 Å². The molecule has 0 radical (unpaired) electrons. The zero-order valence-corrected chi connectivity index (χ0v) is 10.1. The smallest absolute Gasteiger partial charge is 0.280 e. The Bertz CT molecular complexity index is 292. The molecule has 2 N–H and O–H groups in total. The fraction of sp³-hybridized carbons (Fsp3) is 1.00. The molecule has 2 atom stereocenters. The normalized spacial score (nSPS) is 26.5. The lowest BCUT2D eigenvalue weighted by molar-refractivity contribution is 0.246. The maximum Gasteiger partial charge on any atom is 0.280 e. The van der Waals surface area contributed by atoms with Gasteiger partial charge in [-0.15, -0.1) is 0 Å². The van der Waals surface area contributed by atoms with Crippen molar-refractivity contribution in [3.8, 4) is 0 Å². The molecule has 0 amide bonds. The maximum atomic E-state index is 11.9. The molecule has 1 fully saturated rings. The van der Waals surface area contributed by atoms with Crippen LogP contribution in [0.4, 0.5) is 0 Å². The Morgan fingerprint density at radius 2 is 2.20 bits per heavy atom. The van der Waals surface area contributed by atoms with Crippen LogP contribution in [0, 0.1) is 0 Å². The van der Waals surface area contributed by atoms with E-state index in [-0.39, 0.29) is 12.6 Å². The van der Waals surface area contributed by atoms with Crippen LogP contribution < -0.4 is 4.72 Å². The van der Waals surface area contributed by atoms with E-state index in [1.165, 1.54) is 4.31 Å². The summed E-state index contributed by atoms with van der Waals surface area (Å²) in [5.74, 6) is 0. The van der Waals surface area contributed by atoms with Gasteiger partial charge in [0.1, 0.15) is 0 Å². The third-order valence-electron chi connectivity index (χ3n) is 2.67. The molecule has 0 bridgehead atoms. The molecule has 1 saturated heterocycles. The highest BCUT2D eigenvalue weighted by atomic mass is 32.2. The van der Waals surface area contributed by atoms with Crippen molar-refractivity contribution in [2.24, 2.45) is 0 Å². The monoisotopic (exact) mass is 236 g/mol. The van der Waals surface area contributed by atoms with Crippen LogP contribution in [-0.4, -0.2) is 43.1 Å². The molecule has 6 heteroatoms. The second-order valence-electron chi connectivity index (χ2n) is 4.16. The standard InChI is InChI=1S/C9H20N2O3S/c1-8(7-12)10-15(13,14)11-6-4-3-5-9(11)2/h8-10,12H,3-7H2,1-2H3/t8-,9?/m0/s1. The summed E-state index contributed by atoms with van der Waals surface area (Å²) in [5, 5.41) is 8.82. The summed E-state index contributed by atoms with van der Waals surface area (Å²) in [6, 6.07) is -0.369. The number of hydrogen-bond acceptors (Lipinski definition) is 3. The molecule has 0 aliphatic carbocycles. The lowest BCUT2D eigenvalue weighted by atomic mass is 10.1. The number of piperidine rings is 1. The average molecular weight is 236 g/mol. The lowest BCUT2D eigenvalue weighted by Gasteiger charge is -2.32. The summed E-state index contributed by atoms with van der Waals surface area (Å²) < 4.78 is 27.7. The van der Waals surface area contributed by atoms with E-state index in [0.717, 1.165) is 19.3 Å². The molecule has 5 nitrogen and oxygen atoms in total. The van der Waals surface area contributed by atoms with Gasteiger partial charge in [0.05, 0.1) is 6.61 Å². The van der Waals surface area contributed by atoms with E-state index < -0.39 is 16.3 Å². The molecule has 1 heterocycles. The first-order chi connectivity index (χ1) is 6.97. The molecule has 1 aliphatic rings. The van der Waals surface area contributed by atoms with E-state index in [4.69, 9.17) is 5.11 Å². The first-order valence-electron chi connectivity index (χ1n) is 5.37. The fourth-order valence-electron chi connectivity index (χ4n) is 1.79. The van der Waals surface area contributed by atoms with Crippen LogP contribution in [0.3, 0.4) is 0 Å². The predicted octanol–water partition coefficient (Wildman–Crippen LogP) is 0.0760. The van der Waals surface area contributed by atoms with Crippen LogP contribution in [-0.2, 0) is 10.2 Å². The summed E-state index contributed by atoms with van der Waals surface area (Å²) >= 11 is 0. The lowest BCUT2D eigenvalue weighted by Crippen LogP contribution is -2.50. The number of hydrogen-bond donors (Lipinski definition) is 2. The van der Waals surface area contributed by atoms with Gasteiger partial charge in [0.15, 0.2) is 0 Å². The Hall–Kier alpha value is -0.170. The van der Waals surface area contributed by atoms with Crippen LogP contribution in [0.1, 0.15) is 33.1 Å². The highest BCUT2D eigenvalue weighted by molar-refractivity contribution is 7.87. The molecule has 1 rings (SSSR count). The van der Waals surface area contributed by atoms with Gasteiger partial charge in [-0.1, -0.05) is 6.42 Å². The van der Waals surface area contributed by atoms with Crippen molar-refractivity contribution in [3.63, 3.8) is 0 Å². The summed E-state index contributed by atoms with van der Waals surface area (Å²) in [6.45, 7) is 3.96. The number of aliphatic hydroxyl groups is 1. The van der Waals surface area contributed by atoms with Crippen molar-refractivity contribution >= 4 is 10.2 Å². The van der Waals surface area contributed by atoms with E-state index in [9.17, 15) is 8.42 Å². The van der Waals surface area contributed by atoms with Crippen molar-refractivity contribution in [1.82, 2.24) is 9.03 Å². The van der Waals surface area contributed by atoms with Crippen LogP contribution >= 0.6 is 0 Å². The molecule has 0 aromatic rings. The van der Waals surface area contributed by atoms with Gasteiger partial charge in [-0.3, -0.25) is 0 Å². The minimum absolute atomic E-state index is 0.0575. The van der Waals surface area contributed by atoms with Gasteiger partial charge < -0.3 is 5.11 Å². The Kier molecular flexibility index (Phi) is 4.51. The van der Waals surface area contributed by atoms with Crippen molar-refractivity contribution in [2.45, 2.75) is 45.2 Å². The van der Waals surface area contributed by atoms with E-state index >= 15 is 0 Å². The zero-order chi connectivity index (χ0) is 11.5. The van der Waals surface area contributed by atoms with E-state index in [1.54, 1.807) is 6.92 Å². The maximum absolute atomic E-state index is 11.9. The largest absolute Gasteiger partial charge is 0.395 e. The van der Waals surface area contributed by atoms with Crippen LogP contribution in [0.15, 0.2) is 0 Å². The Morgan fingerprint density at radius 3 is 2.73 bits per heavy atom. The Labute approximate surface area is 91.7 Å². The zero-order valence-electron chi connectivity index (χ0n) is 9.31. The molecule has 0 saturated carbocycles. The second kappa shape index (κ2) is 5.25. The molecular formula is C9H20N2O3S. The number of nitrogens with one attached hydrogen (secondary N) is 1. The average Bonchev–Trinajstić information content (AvgIpc) is 2.17. The molecule has 90 valence electrons. The van der Waals surface area contributed by atoms with Gasteiger partial charge in [-0.2, -0.15) is 17.4 Å². The van der Waals surface area contributed by atoms with Crippen LogP contribution in [0.25, 0.3) is 0 Å². The van der Waals surface area contributed by atoms with Gasteiger partial charge in [0.2, 0.25) is 0 Å². The number of aliphatic hydroxyl groups excluding tert-OH is 1. The topological polar surface area (TPSA) is 69.6 Å². The SMILES string of the molecule is CC1CCCCN1S(=O)(=O)N[C@@H](C)CO. The van der Waals surface area contributed by atoms with Gasteiger partial charge in [0, 0.05) is 18.6 Å². The van der Waals surface area contributed by atoms with Gasteiger partial charge in [0.25, 0.3) is 10.2 Å². The summed E-state index contributed by atoms with van der Waals surface area (Å²) in [7, 11) is -3.42. The molecule has 0 aromatic heterocycles. The van der Waals surface area contributed by atoms with Crippen molar-refractivity contribution < 1.29 is 13.5 Å². The third-order valence-corrected chi connectivity index (χ3v) is 4.53. The van der Waals surface area contributed by atoms with Crippen LogP contribution in [0.2, 0.25) is 0 Å². The minimum Gasteiger partial charge on any atom is -0.395 e. The quantitative estimate of drug-likeness (QED) is 0.726. The van der Waals surface area contributed by atoms with E-state index in [1.807, 2.05) is 6.92 Å². The highest BCUT2D eigenvalue weighted by Crippen LogP contribution is 2.19. The molecule has 1 unspecified atom stereocenters. The van der Waals surface area contributed by atoms with E-state index in [2.05, 4.69) is 4.72 Å². The summed E-state index contributed by atoms with van der Waals surface area (Å²) in [5.41, 5.74) is 0. The molecule has 0 aromatic carbocycles.